The summed E-state index contributed by atoms with van der Waals surface area (Å²) in [6, 6.07) is 7.80. The summed E-state index contributed by atoms with van der Waals surface area (Å²) < 4.78 is 4.91. The molecule has 1 fully saturated rings. The van der Waals surface area contributed by atoms with Gasteiger partial charge in [0.15, 0.2) is 5.75 Å². The fourth-order valence-corrected chi connectivity index (χ4v) is 3.46. The molecule has 1 aliphatic carbocycles. The summed E-state index contributed by atoms with van der Waals surface area (Å²) in [7, 11) is 1.46. The van der Waals surface area contributed by atoms with Crippen molar-refractivity contribution >= 4 is 11.6 Å². The van der Waals surface area contributed by atoms with Crippen molar-refractivity contribution in [3.8, 4) is 11.6 Å². The average Bonchev–Trinajstić information content (AvgIpc) is 2.90. The van der Waals surface area contributed by atoms with Crippen LogP contribution in [0.5, 0.6) is 11.6 Å². The van der Waals surface area contributed by atoms with Crippen LogP contribution in [0.2, 0.25) is 0 Å². The van der Waals surface area contributed by atoms with E-state index in [2.05, 4.69) is 10.3 Å². The number of aromatic hydroxyl groups is 2. The van der Waals surface area contributed by atoms with E-state index in [0.717, 1.165) is 0 Å². The summed E-state index contributed by atoms with van der Waals surface area (Å²) in [4.78, 5) is 14.9. The van der Waals surface area contributed by atoms with Crippen LogP contribution in [0, 0.1) is 0 Å². The first kappa shape index (κ1) is 17.4. The zero-order valence-electron chi connectivity index (χ0n) is 14.3. The van der Waals surface area contributed by atoms with Gasteiger partial charge in [-0.05, 0) is 36.5 Å². The van der Waals surface area contributed by atoms with Gasteiger partial charge in [0, 0.05) is 12.8 Å². The van der Waals surface area contributed by atoms with Crippen molar-refractivity contribution in [3.63, 3.8) is 0 Å². The molecule has 2 aromatic rings. The fraction of sp³-hybridized carbons (Fsp3) is 0.421. The van der Waals surface area contributed by atoms with Crippen molar-refractivity contribution in [1.29, 1.82) is 0 Å². The number of methoxy groups -OCH3 is 1. The van der Waals surface area contributed by atoms with Crippen LogP contribution in [0.15, 0.2) is 24.3 Å². The molecule has 3 rings (SSSR count). The molecule has 1 aromatic carbocycles. The first-order valence-corrected chi connectivity index (χ1v) is 8.63. The summed E-state index contributed by atoms with van der Waals surface area (Å²) in [6.07, 6.45) is 6.31. The summed E-state index contributed by atoms with van der Waals surface area (Å²) in [5.41, 5.74) is 2.01. The molecule has 0 atom stereocenters. The van der Waals surface area contributed by atoms with E-state index in [9.17, 15) is 15.0 Å². The second-order valence-electron chi connectivity index (χ2n) is 6.52. The minimum atomic E-state index is -0.570. The van der Waals surface area contributed by atoms with Crippen molar-refractivity contribution in [3.05, 3.63) is 41.1 Å². The quantitative estimate of drug-likeness (QED) is 0.662. The van der Waals surface area contributed by atoms with Gasteiger partial charge in [-0.1, -0.05) is 31.4 Å². The maximum atomic E-state index is 12.4. The number of amides is 1. The standard InChI is InChI=1S/C19H24N2O4/c1-25-11-15-17(22)16(19(24)21-15)18(23)20-14-9-7-13(8-10-14)12-5-3-2-4-6-12/h7-10,12,21-22,24H,2-6,11H2,1H3,(H,20,23). The lowest BCUT2D eigenvalue weighted by Gasteiger charge is -2.22. The molecule has 0 radical (unpaired) electrons. The molecular formula is C19H24N2O4. The highest BCUT2D eigenvalue weighted by Crippen LogP contribution is 2.34. The second-order valence-corrected chi connectivity index (χ2v) is 6.52. The van der Waals surface area contributed by atoms with Gasteiger partial charge in [-0.15, -0.1) is 0 Å². The highest BCUT2D eigenvalue weighted by atomic mass is 16.5. The van der Waals surface area contributed by atoms with Gasteiger partial charge in [0.2, 0.25) is 5.88 Å². The number of aromatic nitrogens is 1. The van der Waals surface area contributed by atoms with E-state index in [-0.39, 0.29) is 29.5 Å². The SMILES string of the molecule is COCc1[nH]c(O)c(C(=O)Nc2ccc(C3CCCCC3)cc2)c1O. The maximum absolute atomic E-state index is 12.4. The van der Waals surface area contributed by atoms with Gasteiger partial charge in [-0.2, -0.15) is 0 Å². The molecule has 25 heavy (non-hydrogen) atoms. The zero-order valence-corrected chi connectivity index (χ0v) is 14.3. The van der Waals surface area contributed by atoms with E-state index in [1.54, 1.807) is 0 Å². The number of aromatic amines is 1. The van der Waals surface area contributed by atoms with E-state index >= 15 is 0 Å². The molecular weight excluding hydrogens is 320 g/mol. The Bertz CT molecular complexity index is 731. The number of H-pyrrole nitrogens is 1. The second kappa shape index (κ2) is 7.61. The van der Waals surface area contributed by atoms with Gasteiger partial charge in [-0.3, -0.25) is 4.79 Å². The Morgan fingerprint density at radius 2 is 1.88 bits per heavy atom. The van der Waals surface area contributed by atoms with Gasteiger partial charge in [0.05, 0.1) is 12.3 Å². The molecule has 0 spiro atoms. The zero-order chi connectivity index (χ0) is 17.8. The van der Waals surface area contributed by atoms with E-state index in [0.29, 0.717) is 11.6 Å². The predicted octanol–water partition coefficient (Wildman–Crippen LogP) is 3.87. The molecule has 4 N–H and O–H groups in total. The van der Waals surface area contributed by atoms with Crippen molar-refractivity contribution in [1.82, 2.24) is 4.98 Å². The summed E-state index contributed by atoms with van der Waals surface area (Å²) in [5, 5.41) is 22.6. The molecule has 0 bridgehead atoms. The first-order chi connectivity index (χ1) is 12.1. The molecule has 0 unspecified atom stereocenters. The third-order valence-electron chi connectivity index (χ3n) is 4.79. The Kier molecular flexibility index (Phi) is 5.28. The van der Waals surface area contributed by atoms with Crippen LogP contribution in [0.4, 0.5) is 5.69 Å². The molecule has 6 nitrogen and oxygen atoms in total. The Labute approximate surface area is 146 Å². The van der Waals surface area contributed by atoms with E-state index in [4.69, 9.17) is 4.74 Å². The Morgan fingerprint density at radius 1 is 1.20 bits per heavy atom. The Balaban J connectivity index is 1.71. The largest absolute Gasteiger partial charge is 0.505 e. The van der Waals surface area contributed by atoms with Gasteiger partial charge >= 0.3 is 0 Å². The van der Waals surface area contributed by atoms with Crippen LogP contribution in [0.25, 0.3) is 0 Å². The van der Waals surface area contributed by atoms with Crippen LogP contribution >= 0.6 is 0 Å². The van der Waals surface area contributed by atoms with Crippen molar-refractivity contribution in [2.24, 2.45) is 0 Å². The Morgan fingerprint density at radius 3 is 2.52 bits per heavy atom. The predicted molar refractivity (Wildman–Crippen MR) is 95.1 cm³/mol. The first-order valence-electron chi connectivity index (χ1n) is 8.63. The molecule has 1 aromatic heterocycles. The van der Waals surface area contributed by atoms with Crippen LogP contribution in [0.3, 0.4) is 0 Å². The van der Waals surface area contributed by atoms with E-state index in [1.165, 1.54) is 44.8 Å². The molecule has 1 saturated carbocycles. The smallest absolute Gasteiger partial charge is 0.264 e. The number of carbonyl (C=O) groups excluding carboxylic acids is 1. The molecule has 0 saturated heterocycles. The molecule has 1 amide bonds. The van der Waals surface area contributed by atoms with Gasteiger partial charge in [-0.25, -0.2) is 0 Å². The third-order valence-corrected chi connectivity index (χ3v) is 4.79. The average molecular weight is 344 g/mol. The lowest BCUT2D eigenvalue weighted by atomic mass is 9.84. The summed E-state index contributed by atoms with van der Waals surface area (Å²) in [6.45, 7) is 0.0722. The molecule has 0 aliphatic heterocycles. The summed E-state index contributed by atoms with van der Waals surface area (Å²) in [5.74, 6) is -0.636. The van der Waals surface area contributed by atoms with E-state index in [1.807, 2.05) is 24.3 Å². The van der Waals surface area contributed by atoms with Crippen LogP contribution in [-0.4, -0.2) is 28.2 Å². The molecule has 134 valence electrons. The lowest BCUT2D eigenvalue weighted by molar-refractivity contribution is 0.102. The van der Waals surface area contributed by atoms with Gasteiger partial charge < -0.3 is 25.3 Å². The highest BCUT2D eigenvalue weighted by Gasteiger charge is 2.23. The van der Waals surface area contributed by atoms with Crippen LogP contribution in [-0.2, 0) is 11.3 Å². The van der Waals surface area contributed by atoms with Gasteiger partial charge in [0.1, 0.15) is 5.56 Å². The number of ether oxygens (including phenoxy) is 1. The Hall–Kier alpha value is -2.47. The minimum Gasteiger partial charge on any atom is -0.505 e. The molecule has 6 heteroatoms. The topological polar surface area (TPSA) is 94.6 Å². The van der Waals surface area contributed by atoms with Crippen LogP contribution in [0.1, 0.15) is 59.6 Å². The van der Waals surface area contributed by atoms with E-state index < -0.39 is 5.91 Å². The minimum absolute atomic E-state index is 0.0722. The number of hydrogen-bond acceptors (Lipinski definition) is 4. The molecule has 1 heterocycles. The highest BCUT2D eigenvalue weighted by molar-refractivity contribution is 6.08. The van der Waals surface area contributed by atoms with Crippen LogP contribution < -0.4 is 5.32 Å². The summed E-state index contributed by atoms with van der Waals surface area (Å²) >= 11 is 0. The lowest BCUT2D eigenvalue weighted by Crippen LogP contribution is -2.12. The maximum Gasteiger partial charge on any atom is 0.264 e. The monoisotopic (exact) mass is 344 g/mol. The number of benzene rings is 1. The number of anilines is 1. The number of hydrogen-bond donors (Lipinski definition) is 4. The molecule has 1 aliphatic rings. The number of rotatable bonds is 5. The van der Waals surface area contributed by atoms with Crippen molar-refractivity contribution in [2.45, 2.75) is 44.6 Å². The fourth-order valence-electron chi connectivity index (χ4n) is 3.46. The normalized spacial score (nSPS) is 15.2. The van der Waals surface area contributed by atoms with Gasteiger partial charge in [0.25, 0.3) is 5.91 Å². The number of nitrogens with one attached hydrogen (secondary N) is 2. The van der Waals surface area contributed by atoms with Crippen molar-refractivity contribution in [2.75, 3.05) is 12.4 Å². The van der Waals surface area contributed by atoms with Crippen molar-refractivity contribution < 1.29 is 19.7 Å². The third kappa shape index (κ3) is 3.79. The number of carbonyl (C=O) groups is 1.